The van der Waals surface area contributed by atoms with Gasteiger partial charge in [-0.05, 0) is 0 Å². The summed E-state index contributed by atoms with van der Waals surface area (Å²) in [5.74, 6) is 0.866. The van der Waals surface area contributed by atoms with Gasteiger partial charge in [-0.3, -0.25) is 4.68 Å². The van der Waals surface area contributed by atoms with Crippen molar-refractivity contribution in [3.8, 4) is 0 Å². The van der Waals surface area contributed by atoms with Gasteiger partial charge in [0.1, 0.15) is 6.33 Å². The molecular weight excluding hydrogens is 188 g/mol. The first-order valence-electron chi connectivity index (χ1n) is 4.13. The average molecular weight is 201 g/mol. The summed E-state index contributed by atoms with van der Waals surface area (Å²) in [5, 5.41) is 7.33. The Morgan fingerprint density at radius 2 is 2.54 bits per heavy atom. The summed E-state index contributed by atoms with van der Waals surface area (Å²) in [6.07, 6.45) is 4.40. The summed E-state index contributed by atoms with van der Waals surface area (Å²) in [7, 11) is 1.86. The topological polar surface area (TPSA) is 42.7 Å². The van der Waals surface area contributed by atoms with Crippen molar-refractivity contribution < 1.29 is 0 Å². The van der Waals surface area contributed by atoms with Gasteiger partial charge in [0.05, 0.1) is 0 Å². The Hall–Kier alpha value is -0.870. The molecule has 0 aliphatic rings. The van der Waals surface area contributed by atoms with E-state index >= 15 is 0 Å². The van der Waals surface area contributed by atoms with Crippen LogP contribution >= 0.6 is 11.6 Å². The van der Waals surface area contributed by atoms with E-state index in [0.717, 1.165) is 25.3 Å². The number of hydrogen-bond acceptors (Lipinski definition) is 3. The van der Waals surface area contributed by atoms with Crippen molar-refractivity contribution in [1.29, 1.82) is 0 Å². The molecule has 13 heavy (non-hydrogen) atoms. The lowest BCUT2D eigenvalue weighted by Gasteiger charge is -1.96. The molecule has 1 aromatic rings. The number of aryl methyl sites for hydroxylation is 1. The van der Waals surface area contributed by atoms with E-state index < -0.39 is 0 Å². The second kappa shape index (κ2) is 5.72. The molecule has 0 saturated carbocycles. The highest BCUT2D eigenvalue weighted by Crippen LogP contribution is 1.87. The average Bonchev–Trinajstić information content (AvgIpc) is 2.51. The highest BCUT2D eigenvalue weighted by Gasteiger charge is 1.96. The zero-order chi connectivity index (χ0) is 9.52. The van der Waals surface area contributed by atoms with Gasteiger partial charge in [-0.15, -0.1) is 0 Å². The van der Waals surface area contributed by atoms with Gasteiger partial charge in [0.2, 0.25) is 0 Å². The molecule has 0 unspecified atom stereocenters. The van der Waals surface area contributed by atoms with Crippen molar-refractivity contribution in [1.82, 2.24) is 20.1 Å². The van der Waals surface area contributed by atoms with Crippen molar-refractivity contribution in [2.75, 3.05) is 13.1 Å². The fourth-order valence-electron chi connectivity index (χ4n) is 0.929. The molecule has 0 aliphatic carbocycles. The molecule has 1 aromatic heterocycles. The van der Waals surface area contributed by atoms with Crippen molar-refractivity contribution >= 4 is 11.6 Å². The summed E-state index contributed by atoms with van der Waals surface area (Å²) in [6, 6.07) is 0. The molecule has 0 saturated heterocycles. The first-order chi connectivity index (χ1) is 6.33. The van der Waals surface area contributed by atoms with E-state index in [1.165, 1.54) is 5.54 Å². The van der Waals surface area contributed by atoms with Crippen molar-refractivity contribution in [3.63, 3.8) is 0 Å². The fourth-order valence-corrected chi connectivity index (χ4v) is 1.02. The van der Waals surface area contributed by atoms with Gasteiger partial charge in [0.25, 0.3) is 0 Å². The SMILES string of the molecule is Cn1cnc(CCNC/C=C/Cl)n1. The second-order valence-corrected chi connectivity index (χ2v) is 2.90. The van der Waals surface area contributed by atoms with Crippen LogP contribution in [0.15, 0.2) is 17.9 Å². The third-order valence-corrected chi connectivity index (χ3v) is 1.70. The Labute approximate surface area is 82.6 Å². The molecule has 72 valence electrons. The van der Waals surface area contributed by atoms with E-state index in [1.54, 1.807) is 11.0 Å². The Morgan fingerprint density at radius 3 is 3.15 bits per heavy atom. The van der Waals surface area contributed by atoms with Gasteiger partial charge < -0.3 is 5.32 Å². The van der Waals surface area contributed by atoms with Crippen LogP contribution in [0.3, 0.4) is 0 Å². The Kier molecular flexibility index (Phi) is 4.49. The van der Waals surface area contributed by atoms with Crippen LogP contribution < -0.4 is 5.32 Å². The van der Waals surface area contributed by atoms with Crippen LogP contribution in [0, 0.1) is 0 Å². The number of aromatic nitrogens is 3. The molecule has 0 amide bonds. The monoisotopic (exact) mass is 200 g/mol. The summed E-state index contributed by atoms with van der Waals surface area (Å²) >= 11 is 5.35. The molecule has 0 fully saturated rings. The third kappa shape index (κ3) is 4.05. The third-order valence-electron chi connectivity index (χ3n) is 1.52. The van der Waals surface area contributed by atoms with E-state index in [-0.39, 0.29) is 0 Å². The van der Waals surface area contributed by atoms with Crippen LogP contribution in [0.4, 0.5) is 0 Å². The lowest BCUT2D eigenvalue weighted by atomic mass is 10.4. The maximum absolute atomic E-state index is 5.35. The summed E-state index contributed by atoms with van der Waals surface area (Å²) in [4.78, 5) is 4.10. The quantitative estimate of drug-likeness (QED) is 0.712. The standard InChI is InChI=1S/C8H13ClN4/c1-13-7-11-8(12-13)3-6-10-5-2-4-9/h2,4,7,10H,3,5-6H2,1H3/b4-2+. The van der Waals surface area contributed by atoms with E-state index in [4.69, 9.17) is 11.6 Å². The zero-order valence-corrected chi connectivity index (χ0v) is 8.33. The molecule has 0 bridgehead atoms. The predicted molar refractivity (Wildman–Crippen MR) is 52.6 cm³/mol. The highest BCUT2D eigenvalue weighted by atomic mass is 35.5. The minimum absolute atomic E-state index is 0.788. The summed E-state index contributed by atoms with van der Waals surface area (Å²) < 4.78 is 1.70. The second-order valence-electron chi connectivity index (χ2n) is 2.65. The molecule has 4 nitrogen and oxygen atoms in total. The maximum Gasteiger partial charge on any atom is 0.151 e. The summed E-state index contributed by atoms with van der Waals surface area (Å²) in [6.45, 7) is 1.65. The van der Waals surface area contributed by atoms with Gasteiger partial charge in [-0.2, -0.15) is 5.10 Å². The molecule has 1 heterocycles. The first-order valence-corrected chi connectivity index (χ1v) is 4.57. The van der Waals surface area contributed by atoms with Gasteiger partial charge >= 0.3 is 0 Å². The molecule has 1 N–H and O–H groups in total. The van der Waals surface area contributed by atoms with Gasteiger partial charge in [-0.1, -0.05) is 17.7 Å². The van der Waals surface area contributed by atoms with E-state index in [2.05, 4.69) is 15.4 Å². The fraction of sp³-hybridized carbons (Fsp3) is 0.500. The smallest absolute Gasteiger partial charge is 0.151 e. The van der Waals surface area contributed by atoms with Gasteiger partial charge in [0.15, 0.2) is 5.82 Å². The molecule has 5 heteroatoms. The number of rotatable bonds is 5. The van der Waals surface area contributed by atoms with Crippen molar-refractivity contribution in [3.05, 3.63) is 23.8 Å². The van der Waals surface area contributed by atoms with Crippen LogP contribution in [-0.4, -0.2) is 27.9 Å². The van der Waals surface area contributed by atoms with Crippen LogP contribution in [-0.2, 0) is 13.5 Å². The van der Waals surface area contributed by atoms with E-state index in [9.17, 15) is 0 Å². The normalized spacial score (nSPS) is 11.2. The number of hydrogen-bond donors (Lipinski definition) is 1. The molecule has 0 atom stereocenters. The number of nitrogens with one attached hydrogen (secondary N) is 1. The van der Waals surface area contributed by atoms with Crippen LogP contribution in [0.2, 0.25) is 0 Å². The van der Waals surface area contributed by atoms with Crippen LogP contribution in [0.25, 0.3) is 0 Å². The first kappa shape index (κ1) is 10.2. The number of nitrogens with zero attached hydrogens (tertiary/aromatic N) is 3. The molecular formula is C8H13ClN4. The predicted octanol–water partition coefficient (Wildman–Crippen LogP) is 0.700. The number of halogens is 1. The largest absolute Gasteiger partial charge is 0.313 e. The van der Waals surface area contributed by atoms with Crippen molar-refractivity contribution in [2.45, 2.75) is 6.42 Å². The van der Waals surface area contributed by atoms with Crippen LogP contribution in [0.1, 0.15) is 5.82 Å². The minimum atomic E-state index is 0.788. The Balaban J connectivity index is 2.13. The highest BCUT2D eigenvalue weighted by molar-refractivity contribution is 6.25. The lowest BCUT2D eigenvalue weighted by Crippen LogP contribution is -2.17. The van der Waals surface area contributed by atoms with Gasteiger partial charge in [-0.25, -0.2) is 4.98 Å². The molecule has 1 rings (SSSR count). The Bertz CT molecular complexity index is 269. The Morgan fingerprint density at radius 1 is 1.69 bits per heavy atom. The maximum atomic E-state index is 5.35. The van der Waals surface area contributed by atoms with Crippen molar-refractivity contribution in [2.24, 2.45) is 7.05 Å². The minimum Gasteiger partial charge on any atom is -0.313 e. The summed E-state index contributed by atoms with van der Waals surface area (Å²) in [5.41, 5.74) is 1.51. The molecule has 0 spiro atoms. The van der Waals surface area contributed by atoms with E-state index in [1.807, 2.05) is 13.1 Å². The van der Waals surface area contributed by atoms with Gasteiger partial charge in [0, 0.05) is 32.1 Å². The van der Waals surface area contributed by atoms with E-state index in [0.29, 0.717) is 0 Å². The molecule has 0 aromatic carbocycles. The van der Waals surface area contributed by atoms with Crippen LogP contribution in [0.5, 0.6) is 0 Å². The lowest BCUT2D eigenvalue weighted by molar-refractivity contribution is 0.696. The molecule has 0 radical (unpaired) electrons. The zero-order valence-electron chi connectivity index (χ0n) is 7.57. The molecule has 0 aliphatic heterocycles.